The minimum absolute atomic E-state index is 0.0354. The average molecular weight is 247 g/mol. The molecule has 1 unspecified atom stereocenters. The largest absolute Gasteiger partial charge is 0.372 e. The van der Waals surface area contributed by atoms with E-state index >= 15 is 0 Å². The predicted octanol–water partition coefficient (Wildman–Crippen LogP) is 3.10. The van der Waals surface area contributed by atoms with Gasteiger partial charge in [-0.3, -0.25) is 4.79 Å². The van der Waals surface area contributed by atoms with E-state index < -0.39 is 0 Å². The van der Waals surface area contributed by atoms with Crippen molar-refractivity contribution in [3.63, 3.8) is 0 Å². The standard InChI is InChI=1S/C14H17NOS/c16-13(14-15-10-11-17-14)9-5-4-8-12-6-2-1-3-7-12/h1-3,6-7,10-11,14-15H,4-5,8-9H2. The third kappa shape index (κ3) is 3.93. The van der Waals surface area contributed by atoms with Gasteiger partial charge in [0.15, 0.2) is 5.78 Å². The molecule has 0 aliphatic carbocycles. The van der Waals surface area contributed by atoms with Crippen LogP contribution in [0.4, 0.5) is 0 Å². The Hall–Kier alpha value is -1.22. The van der Waals surface area contributed by atoms with Crippen LogP contribution in [-0.4, -0.2) is 11.2 Å². The lowest BCUT2D eigenvalue weighted by atomic mass is 10.1. The third-order valence-corrected chi connectivity index (χ3v) is 3.77. The van der Waals surface area contributed by atoms with Crippen molar-refractivity contribution >= 4 is 17.5 Å². The summed E-state index contributed by atoms with van der Waals surface area (Å²) in [4.78, 5) is 11.7. The molecule has 0 amide bonds. The molecule has 90 valence electrons. The highest BCUT2D eigenvalue weighted by Gasteiger charge is 2.18. The lowest BCUT2D eigenvalue weighted by Gasteiger charge is -2.08. The number of nitrogens with one attached hydrogen (secondary N) is 1. The second-order valence-corrected chi connectivity index (χ2v) is 5.16. The van der Waals surface area contributed by atoms with Crippen LogP contribution >= 0.6 is 11.8 Å². The summed E-state index contributed by atoms with van der Waals surface area (Å²) in [6.45, 7) is 0. The summed E-state index contributed by atoms with van der Waals surface area (Å²) < 4.78 is 0. The number of ketones is 1. The molecule has 2 nitrogen and oxygen atoms in total. The Morgan fingerprint density at radius 1 is 1.24 bits per heavy atom. The number of aryl methyl sites for hydroxylation is 1. The molecule has 0 spiro atoms. The van der Waals surface area contributed by atoms with E-state index in [2.05, 4.69) is 29.6 Å². The van der Waals surface area contributed by atoms with Crippen molar-refractivity contribution in [2.75, 3.05) is 0 Å². The second-order valence-electron chi connectivity index (χ2n) is 4.14. The Labute approximate surface area is 106 Å². The zero-order valence-electron chi connectivity index (χ0n) is 9.76. The van der Waals surface area contributed by atoms with Gasteiger partial charge in [-0.05, 0) is 30.2 Å². The maximum atomic E-state index is 11.7. The summed E-state index contributed by atoms with van der Waals surface area (Å²) in [6.07, 6.45) is 5.65. The highest BCUT2D eigenvalue weighted by Crippen LogP contribution is 2.18. The zero-order chi connectivity index (χ0) is 11.9. The Morgan fingerprint density at radius 3 is 2.76 bits per heavy atom. The Balaban J connectivity index is 1.61. The van der Waals surface area contributed by atoms with Gasteiger partial charge in [0.1, 0.15) is 5.37 Å². The average Bonchev–Trinajstić information content (AvgIpc) is 2.89. The molecule has 17 heavy (non-hydrogen) atoms. The molecule has 0 saturated carbocycles. The molecule has 0 saturated heterocycles. The van der Waals surface area contributed by atoms with E-state index in [1.807, 2.05) is 17.7 Å². The monoisotopic (exact) mass is 247 g/mol. The fourth-order valence-electron chi connectivity index (χ4n) is 1.86. The quantitative estimate of drug-likeness (QED) is 0.783. The van der Waals surface area contributed by atoms with Crippen LogP contribution in [-0.2, 0) is 11.2 Å². The van der Waals surface area contributed by atoms with Gasteiger partial charge in [-0.2, -0.15) is 0 Å². The number of unbranched alkanes of at least 4 members (excludes halogenated alkanes) is 1. The van der Waals surface area contributed by atoms with E-state index in [1.165, 1.54) is 5.56 Å². The molecule has 1 aliphatic rings. The normalized spacial score (nSPS) is 18.0. The van der Waals surface area contributed by atoms with Gasteiger partial charge in [0, 0.05) is 12.6 Å². The predicted molar refractivity (Wildman–Crippen MR) is 72.7 cm³/mol. The minimum atomic E-state index is -0.0354. The van der Waals surface area contributed by atoms with E-state index in [4.69, 9.17) is 0 Å². The Bertz CT molecular complexity index is 380. The number of Topliss-reactive ketones (excluding diaryl/α,β-unsaturated/α-hetero) is 1. The molecule has 2 rings (SSSR count). The van der Waals surface area contributed by atoms with Crippen LogP contribution in [0.1, 0.15) is 24.8 Å². The molecule has 1 aromatic rings. The van der Waals surface area contributed by atoms with E-state index in [0.717, 1.165) is 19.3 Å². The maximum Gasteiger partial charge on any atom is 0.165 e. The van der Waals surface area contributed by atoms with E-state index in [-0.39, 0.29) is 5.37 Å². The Kier molecular flexibility index (Phi) is 4.68. The van der Waals surface area contributed by atoms with Crippen molar-refractivity contribution < 1.29 is 4.79 Å². The molecule has 1 heterocycles. The highest BCUT2D eigenvalue weighted by molar-refractivity contribution is 8.03. The minimum Gasteiger partial charge on any atom is -0.372 e. The van der Waals surface area contributed by atoms with Crippen LogP contribution < -0.4 is 5.32 Å². The van der Waals surface area contributed by atoms with Gasteiger partial charge in [0.05, 0.1) is 0 Å². The number of carbonyl (C=O) groups excluding carboxylic acids is 1. The van der Waals surface area contributed by atoms with E-state index in [0.29, 0.717) is 12.2 Å². The summed E-state index contributed by atoms with van der Waals surface area (Å²) in [6, 6.07) is 10.4. The molecule has 0 bridgehead atoms. The lowest BCUT2D eigenvalue weighted by Crippen LogP contribution is -2.26. The highest BCUT2D eigenvalue weighted by atomic mass is 32.2. The number of thioether (sulfide) groups is 1. The fourth-order valence-corrected chi connectivity index (χ4v) is 2.60. The molecule has 1 aromatic carbocycles. The van der Waals surface area contributed by atoms with Gasteiger partial charge in [0.2, 0.25) is 0 Å². The first-order valence-corrected chi connectivity index (χ1v) is 6.94. The number of hydrogen-bond donors (Lipinski definition) is 1. The fraction of sp³-hybridized carbons (Fsp3) is 0.357. The first-order valence-electron chi connectivity index (χ1n) is 5.99. The van der Waals surface area contributed by atoms with Crippen molar-refractivity contribution in [2.24, 2.45) is 0 Å². The van der Waals surface area contributed by atoms with Crippen LogP contribution in [0.3, 0.4) is 0 Å². The number of hydrogen-bond acceptors (Lipinski definition) is 3. The topological polar surface area (TPSA) is 29.1 Å². The molecule has 1 atom stereocenters. The number of benzene rings is 1. The first kappa shape index (κ1) is 12.2. The molecule has 1 N–H and O–H groups in total. The smallest absolute Gasteiger partial charge is 0.165 e. The van der Waals surface area contributed by atoms with Gasteiger partial charge >= 0.3 is 0 Å². The van der Waals surface area contributed by atoms with Crippen molar-refractivity contribution in [3.05, 3.63) is 47.5 Å². The van der Waals surface area contributed by atoms with Crippen molar-refractivity contribution in [3.8, 4) is 0 Å². The summed E-state index contributed by atoms with van der Waals surface area (Å²) in [5.41, 5.74) is 1.36. The van der Waals surface area contributed by atoms with Crippen molar-refractivity contribution in [2.45, 2.75) is 31.1 Å². The maximum absolute atomic E-state index is 11.7. The summed E-state index contributed by atoms with van der Waals surface area (Å²) in [5.74, 6) is 0.313. The first-order chi connectivity index (χ1) is 8.36. The molecule has 0 aromatic heterocycles. The molecule has 1 aliphatic heterocycles. The SMILES string of the molecule is O=C(CCCCc1ccccc1)C1NC=CS1. The van der Waals surface area contributed by atoms with Crippen LogP contribution in [0.2, 0.25) is 0 Å². The van der Waals surface area contributed by atoms with E-state index in [9.17, 15) is 4.79 Å². The number of carbonyl (C=O) groups is 1. The number of rotatable bonds is 6. The Morgan fingerprint density at radius 2 is 2.06 bits per heavy atom. The second kappa shape index (κ2) is 6.50. The van der Waals surface area contributed by atoms with Crippen LogP contribution in [0.25, 0.3) is 0 Å². The molecule has 3 heteroatoms. The van der Waals surface area contributed by atoms with Gasteiger partial charge in [-0.25, -0.2) is 0 Å². The van der Waals surface area contributed by atoms with Gasteiger partial charge in [0.25, 0.3) is 0 Å². The van der Waals surface area contributed by atoms with Crippen molar-refractivity contribution in [1.29, 1.82) is 0 Å². The van der Waals surface area contributed by atoms with Gasteiger partial charge in [-0.15, -0.1) is 0 Å². The summed E-state index contributed by atoms with van der Waals surface area (Å²) >= 11 is 1.56. The molecule has 0 fully saturated rings. The summed E-state index contributed by atoms with van der Waals surface area (Å²) in [5, 5.41) is 4.95. The summed E-state index contributed by atoms with van der Waals surface area (Å²) in [7, 11) is 0. The van der Waals surface area contributed by atoms with Crippen LogP contribution in [0, 0.1) is 0 Å². The van der Waals surface area contributed by atoms with Crippen molar-refractivity contribution in [1.82, 2.24) is 5.32 Å². The lowest BCUT2D eigenvalue weighted by molar-refractivity contribution is -0.118. The van der Waals surface area contributed by atoms with Crippen LogP contribution in [0.5, 0.6) is 0 Å². The molecule has 0 radical (unpaired) electrons. The molecular formula is C14H17NOS. The van der Waals surface area contributed by atoms with E-state index in [1.54, 1.807) is 11.8 Å². The van der Waals surface area contributed by atoms with Crippen LogP contribution in [0.15, 0.2) is 41.9 Å². The van der Waals surface area contributed by atoms with Gasteiger partial charge in [-0.1, -0.05) is 42.1 Å². The van der Waals surface area contributed by atoms with Gasteiger partial charge < -0.3 is 5.32 Å². The third-order valence-electron chi connectivity index (χ3n) is 2.80. The molecular weight excluding hydrogens is 230 g/mol. The zero-order valence-corrected chi connectivity index (χ0v) is 10.6.